The Morgan fingerprint density at radius 1 is 1.18 bits per heavy atom. The van der Waals surface area contributed by atoms with Crippen LogP contribution in [0.1, 0.15) is 20.7 Å². The van der Waals surface area contributed by atoms with Crippen molar-refractivity contribution in [1.29, 1.82) is 0 Å². The normalized spacial score (nSPS) is 14.5. The Labute approximate surface area is 96.3 Å². The fraction of sp³-hybridized carbons (Fsp3) is 0.0833. The summed E-state index contributed by atoms with van der Waals surface area (Å²) >= 11 is 0. The topological polar surface area (TPSA) is 70.5 Å². The molecule has 0 fully saturated rings. The number of fused-ring (bicyclic) bond motifs is 3. The van der Waals surface area contributed by atoms with Gasteiger partial charge in [0.2, 0.25) is 0 Å². The molecular weight excluding hydrogens is 220 g/mol. The zero-order valence-electron chi connectivity index (χ0n) is 8.75. The maximum absolute atomic E-state index is 12.0. The number of benzene rings is 1. The van der Waals surface area contributed by atoms with Gasteiger partial charge in [-0.25, -0.2) is 0 Å². The van der Waals surface area contributed by atoms with Crippen molar-refractivity contribution in [3.05, 3.63) is 41.6 Å². The van der Waals surface area contributed by atoms with Crippen LogP contribution in [0.5, 0.6) is 0 Å². The van der Waals surface area contributed by atoms with E-state index in [1.807, 2.05) is 6.07 Å². The summed E-state index contributed by atoms with van der Waals surface area (Å²) < 4.78 is 0. The van der Waals surface area contributed by atoms with Crippen molar-refractivity contribution < 1.29 is 14.7 Å². The van der Waals surface area contributed by atoms with Crippen molar-refractivity contribution >= 4 is 22.7 Å². The number of aliphatic hydroxyl groups excluding tert-OH is 1. The van der Waals surface area contributed by atoms with Crippen LogP contribution in [0.4, 0.5) is 0 Å². The van der Waals surface area contributed by atoms with Gasteiger partial charge >= 0.3 is 0 Å². The molecule has 1 aromatic carbocycles. The van der Waals surface area contributed by atoms with Crippen LogP contribution in [0.3, 0.4) is 0 Å². The Balaban J connectivity index is 2.37. The van der Waals surface area contributed by atoms with Gasteiger partial charge in [-0.2, -0.15) is 0 Å². The molecule has 5 nitrogen and oxygen atoms in total. The van der Waals surface area contributed by atoms with Crippen LogP contribution in [0, 0.1) is 0 Å². The van der Waals surface area contributed by atoms with Gasteiger partial charge in [0, 0.05) is 11.6 Å². The number of amides is 2. The van der Waals surface area contributed by atoms with Gasteiger partial charge in [-0.1, -0.05) is 18.2 Å². The summed E-state index contributed by atoms with van der Waals surface area (Å²) in [6, 6.07) is 7.11. The molecule has 17 heavy (non-hydrogen) atoms. The molecule has 0 radical (unpaired) electrons. The molecule has 3 rings (SSSR count). The number of aromatic nitrogens is 1. The van der Waals surface area contributed by atoms with Gasteiger partial charge in [0.25, 0.3) is 11.8 Å². The Hall–Kier alpha value is -2.27. The molecule has 84 valence electrons. The van der Waals surface area contributed by atoms with Crippen LogP contribution in [-0.2, 0) is 0 Å². The highest BCUT2D eigenvalue weighted by atomic mass is 16.3. The second-order valence-electron chi connectivity index (χ2n) is 3.74. The average molecular weight is 228 g/mol. The molecule has 2 aromatic rings. The Morgan fingerprint density at radius 2 is 1.94 bits per heavy atom. The van der Waals surface area contributed by atoms with Crippen LogP contribution in [0.15, 0.2) is 30.5 Å². The van der Waals surface area contributed by atoms with Crippen molar-refractivity contribution in [2.45, 2.75) is 0 Å². The first kappa shape index (κ1) is 9.92. The minimum absolute atomic E-state index is 0.253. The molecule has 2 heterocycles. The van der Waals surface area contributed by atoms with Gasteiger partial charge in [-0.15, -0.1) is 0 Å². The number of hydrogen-bond donors (Lipinski definition) is 1. The maximum Gasteiger partial charge on any atom is 0.265 e. The summed E-state index contributed by atoms with van der Waals surface area (Å²) in [6.07, 6.45) is 1.38. The van der Waals surface area contributed by atoms with Gasteiger partial charge in [0.15, 0.2) is 0 Å². The summed E-state index contributed by atoms with van der Waals surface area (Å²) in [5, 5.41) is 9.65. The zero-order chi connectivity index (χ0) is 12.0. The smallest absolute Gasteiger partial charge is 0.265 e. The third-order valence-corrected chi connectivity index (χ3v) is 2.85. The van der Waals surface area contributed by atoms with E-state index in [0.29, 0.717) is 16.5 Å². The highest BCUT2D eigenvalue weighted by Crippen LogP contribution is 2.28. The number of aliphatic hydroxyl groups is 1. The predicted molar refractivity (Wildman–Crippen MR) is 59.3 cm³/mol. The number of carbonyl (C=O) groups excluding carboxylic acids is 2. The fourth-order valence-electron chi connectivity index (χ4n) is 2.03. The molecule has 2 amide bonds. The minimum atomic E-state index is -0.610. The number of imide groups is 1. The number of carbonyl (C=O) groups is 2. The average Bonchev–Trinajstić information content (AvgIpc) is 2.61. The molecule has 1 N–H and O–H groups in total. The number of hydrogen-bond acceptors (Lipinski definition) is 4. The first-order valence-electron chi connectivity index (χ1n) is 5.09. The summed E-state index contributed by atoms with van der Waals surface area (Å²) in [6.45, 7) is -0.610. The molecule has 0 aliphatic carbocycles. The van der Waals surface area contributed by atoms with Crippen LogP contribution in [-0.4, -0.2) is 33.5 Å². The second-order valence-corrected chi connectivity index (χ2v) is 3.74. The minimum Gasteiger partial charge on any atom is -0.376 e. The monoisotopic (exact) mass is 228 g/mol. The quantitative estimate of drug-likeness (QED) is 0.732. The predicted octanol–water partition coefficient (Wildman–Crippen LogP) is 0.781. The molecule has 0 atom stereocenters. The molecule has 0 bridgehead atoms. The van der Waals surface area contributed by atoms with E-state index >= 15 is 0 Å². The van der Waals surface area contributed by atoms with E-state index in [2.05, 4.69) is 4.98 Å². The maximum atomic E-state index is 12.0. The molecule has 0 unspecified atom stereocenters. The first-order chi connectivity index (χ1) is 8.24. The standard InChI is InChI=1S/C12H8N2O3/c15-6-14-11(16)8-5-13-9-4-2-1-3-7(9)10(8)12(14)17/h1-5,15H,6H2. The Morgan fingerprint density at radius 3 is 2.71 bits per heavy atom. The number of para-hydroxylation sites is 1. The summed E-state index contributed by atoms with van der Waals surface area (Å²) in [4.78, 5) is 28.7. The van der Waals surface area contributed by atoms with Crippen molar-refractivity contribution in [2.75, 3.05) is 6.73 Å². The highest BCUT2D eigenvalue weighted by Gasteiger charge is 2.36. The number of pyridine rings is 1. The summed E-state index contributed by atoms with van der Waals surface area (Å²) in [7, 11) is 0. The van der Waals surface area contributed by atoms with E-state index in [1.54, 1.807) is 18.2 Å². The lowest BCUT2D eigenvalue weighted by Crippen LogP contribution is -2.30. The molecule has 5 heteroatoms. The largest absolute Gasteiger partial charge is 0.376 e. The van der Waals surface area contributed by atoms with Gasteiger partial charge in [0.1, 0.15) is 6.73 Å². The second kappa shape index (κ2) is 3.36. The number of nitrogens with zero attached hydrogens (tertiary/aromatic N) is 2. The Kier molecular flexibility index (Phi) is 1.96. The Bertz CT molecular complexity index is 651. The molecule has 0 saturated heterocycles. The van der Waals surface area contributed by atoms with E-state index in [9.17, 15) is 9.59 Å². The lowest BCUT2D eigenvalue weighted by molar-refractivity contribution is 0.0490. The van der Waals surface area contributed by atoms with E-state index in [4.69, 9.17) is 5.11 Å². The number of rotatable bonds is 1. The van der Waals surface area contributed by atoms with E-state index in [-0.39, 0.29) is 5.56 Å². The SMILES string of the molecule is O=C1c2cnc3ccccc3c2C(=O)N1CO. The van der Waals surface area contributed by atoms with E-state index in [1.165, 1.54) is 6.20 Å². The first-order valence-corrected chi connectivity index (χ1v) is 5.09. The van der Waals surface area contributed by atoms with Gasteiger partial charge in [-0.3, -0.25) is 19.5 Å². The van der Waals surface area contributed by atoms with Crippen LogP contribution in [0.25, 0.3) is 10.9 Å². The van der Waals surface area contributed by atoms with Crippen LogP contribution >= 0.6 is 0 Å². The molecule has 1 aliphatic heterocycles. The van der Waals surface area contributed by atoms with Crippen LogP contribution in [0.2, 0.25) is 0 Å². The third kappa shape index (κ3) is 1.20. The summed E-state index contributed by atoms with van der Waals surface area (Å²) in [5.74, 6) is -0.961. The molecule has 1 aromatic heterocycles. The van der Waals surface area contributed by atoms with Gasteiger partial charge in [-0.05, 0) is 6.07 Å². The van der Waals surface area contributed by atoms with Crippen molar-refractivity contribution in [3.8, 4) is 0 Å². The van der Waals surface area contributed by atoms with Crippen LogP contribution < -0.4 is 0 Å². The highest BCUT2D eigenvalue weighted by molar-refractivity contribution is 6.25. The molecular formula is C12H8N2O3. The van der Waals surface area contributed by atoms with Crippen molar-refractivity contribution in [1.82, 2.24) is 9.88 Å². The zero-order valence-corrected chi connectivity index (χ0v) is 8.75. The van der Waals surface area contributed by atoms with Gasteiger partial charge in [0.05, 0.1) is 16.6 Å². The molecule has 0 saturated carbocycles. The fourth-order valence-corrected chi connectivity index (χ4v) is 2.03. The summed E-state index contributed by atoms with van der Waals surface area (Å²) in [5.41, 5.74) is 1.24. The lowest BCUT2D eigenvalue weighted by Gasteiger charge is -2.07. The third-order valence-electron chi connectivity index (χ3n) is 2.85. The molecule has 0 spiro atoms. The van der Waals surface area contributed by atoms with E-state index < -0.39 is 18.5 Å². The van der Waals surface area contributed by atoms with Gasteiger partial charge < -0.3 is 5.11 Å². The van der Waals surface area contributed by atoms with E-state index in [0.717, 1.165) is 4.90 Å². The van der Waals surface area contributed by atoms with Crippen molar-refractivity contribution in [2.24, 2.45) is 0 Å². The van der Waals surface area contributed by atoms with Crippen molar-refractivity contribution in [3.63, 3.8) is 0 Å². The molecule has 1 aliphatic rings. The lowest BCUT2D eigenvalue weighted by atomic mass is 10.1.